The number of hydrogen-bond donors (Lipinski definition) is 1. The number of hydrogen-bond acceptors (Lipinski definition) is 7. The van der Waals surface area contributed by atoms with Crippen molar-refractivity contribution >= 4 is 27.5 Å². The van der Waals surface area contributed by atoms with E-state index in [0.29, 0.717) is 17.9 Å². The van der Waals surface area contributed by atoms with Gasteiger partial charge >= 0.3 is 6.09 Å². The number of sulfonamides is 1. The third kappa shape index (κ3) is 3.90. The number of rotatable bonds is 4. The van der Waals surface area contributed by atoms with E-state index in [4.69, 9.17) is 15.3 Å². The van der Waals surface area contributed by atoms with Crippen LogP contribution in [0, 0.1) is 5.82 Å². The number of benzene rings is 1. The molecule has 1 aromatic carbocycles. The van der Waals surface area contributed by atoms with Crippen molar-refractivity contribution in [2.45, 2.75) is 6.10 Å². The Labute approximate surface area is 151 Å². The molecule has 0 aromatic heterocycles. The van der Waals surface area contributed by atoms with E-state index >= 15 is 0 Å². The molecule has 0 spiro atoms. The molecule has 2 heterocycles. The summed E-state index contributed by atoms with van der Waals surface area (Å²) in [5, 5.41) is 0. The minimum absolute atomic E-state index is 0.0939. The molecule has 1 atom stereocenters. The molecule has 2 aliphatic rings. The smallest absolute Gasteiger partial charge is 0.414 e. The Kier molecular flexibility index (Phi) is 5.32. The highest BCUT2D eigenvalue weighted by atomic mass is 32.2. The number of amides is 1. The van der Waals surface area contributed by atoms with Gasteiger partial charge in [0.2, 0.25) is 10.0 Å². The molecule has 2 saturated heterocycles. The number of cyclic esters (lactones) is 1. The van der Waals surface area contributed by atoms with Gasteiger partial charge < -0.3 is 15.4 Å². The molecule has 0 saturated carbocycles. The lowest BCUT2D eigenvalue weighted by atomic mass is 10.2. The van der Waals surface area contributed by atoms with Crippen LogP contribution >= 0.6 is 0 Å². The zero-order valence-electron chi connectivity index (χ0n) is 14.3. The molecular formula is C15H21FN4O5S. The molecule has 2 N–H and O–H groups in total. The second-order valence-electron chi connectivity index (χ2n) is 6.10. The molecule has 1 aromatic rings. The van der Waals surface area contributed by atoms with Crippen molar-refractivity contribution in [2.24, 2.45) is 5.73 Å². The predicted molar refractivity (Wildman–Crippen MR) is 92.8 cm³/mol. The minimum Gasteiger partial charge on any atom is -0.443 e. The third-order valence-corrected chi connectivity index (χ3v) is 5.27. The van der Waals surface area contributed by atoms with Crippen LogP contribution in [0.4, 0.5) is 20.6 Å². The Hall–Kier alpha value is -1.95. The van der Waals surface area contributed by atoms with Crippen molar-refractivity contribution in [2.75, 3.05) is 55.4 Å². The third-order valence-electron chi connectivity index (χ3n) is 4.24. The first-order valence-electron chi connectivity index (χ1n) is 8.13. The molecular weight excluding hydrogens is 367 g/mol. The molecule has 0 unspecified atom stereocenters. The van der Waals surface area contributed by atoms with Gasteiger partial charge in [-0.2, -0.15) is 0 Å². The Morgan fingerprint density at radius 1 is 1.31 bits per heavy atom. The van der Waals surface area contributed by atoms with Crippen molar-refractivity contribution < 1.29 is 27.2 Å². The van der Waals surface area contributed by atoms with E-state index in [-0.39, 0.29) is 32.8 Å². The number of nitrogens with two attached hydrogens (primary N) is 1. The number of nitrogens with zero attached hydrogens (tertiary/aromatic N) is 3. The molecule has 11 heteroatoms. The van der Waals surface area contributed by atoms with Crippen LogP contribution in [0.3, 0.4) is 0 Å². The number of carbonyl (C=O) groups excluding carboxylic acids is 1. The van der Waals surface area contributed by atoms with E-state index in [9.17, 15) is 17.6 Å². The van der Waals surface area contributed by atoms with Crippen LogP contribution in [0.5, 0.6) is 0 Å². The van der Waals surface area contributed by atoms with Gasteiger partial charge in [-0.05, 0) is 18.2 Å². The summed E-state index contributed by atoms with van der Waals surface area (Å²) in [6.07, 6.45) is 0.0939. The number of carbonyl (C=O) groups is 1. The molecule has 0 bridgehead atoms. The Morgan fingerprint density at radius 3 is 2.69 bits per heavy atom. The van der Waals surface area contributed by atoms with Crippen molar-refractivity contribution in [3.05, 3.63) is 24.0 Å². The second-order valence-corrected chi connectivity index (χ2v) is 7.97. The van der Waals surface area contributed by atoms with Crippen LogP contribution in [0.25, 0.3) is 0 Å². The van der Waals surface area contributed by atoms with Crippen LogP contribution < -0.4 is 15.5 Å². The van der Waals surface area contributed by atoms with E-state index in [2.05, 4.69) is 0 Å². The van der Waals surface area contributed by atoms with E-state index in [1.54, 1.807) is 17.0 Å². The van der Waals surface area contributed by atoms with Gasteiger partial charge in [0, 0.05) is 19.6 Å². The summed E-state index contributed by atoms with van der Waals surface area (Å²) in [5.41, 5.74) is 6.20. The van der Waals surface area contributed by atoms with Crippen molar-refractivity contribution in [3.63, 3.8) is 0 Å². The maximum absolute atomic E-state index is 14.6. The second kappa shape index (κ2) is 7.35. The summed E-state index contributed by atoms with van der Waals surface area (Å²) in [4.78, 5) is 20.1. The summed E-state index contributed by atoms with van der Waals surface area (Å²) < 4.78 is 43.8. The standard InChI is InChI=1S/C15H21FN4O5S/c1-26(22,23)20-5-4-18(6-7-24-20)14-3-2-11(8-13(14)16)19-10-12(9-17)25-15(19)21/h2-3,8,12H,4-7,9-10,17H2,1H3/t12-/m0/s1. The fraction of sp³-hybridized carbons (Fsp3) is 0.533. The lowest BCUT2D eigenvalue weighted by Crippen LogP contribution is -2.34. The van der Waals surface area contributed by atoms with Gasteiger partial charge in [-0.25, -0.2) is 17.6 Å². The maximum atomic E-state index is 14.6. The fourth-order valence-corrected chi connectivity index (χ4v) is 3.59. The largest absolute Gasteiger partial charge is 0.443 e. The summed E-state index contributed by atoms with van der Waals surface area (Å²) in [7, 11) is -3.47. The highest BCUT2D eigenvalue weighted by Gasteiger charge is 2.32. The zero-order valence-corrected chi connectivity index (χ0v) is 15.1. The first-order valence-corrected chi connectivity index (χ1v) is 9.98. The van der Waals surface area contributed by atoms with Crippen molar-refractivity contribution in [1.29, 1.82) is 0 Å². The fourth-order valence-electron chi connectivity index (χ4n) is 2.91. The van der Waals surface area contributed by atoms with Gasteiger partial charge in [0.15, 0.2) is 0 Å². The molecule has 1 amide bonds. The average molecular weight is 388 g/mol. The SMILES string of the molecule is CS(=O)(=O)N1CCN(c2ccc(N3C[C@H](CN)OC3=O)cc2F)CCO1. The summed E-state index contributed by atoms with van der Waals surface area (Å²) >= 11 is 0. The number of anilines is 2. The molecule has 0 aliphatic carbocycles. The molecule has 9 nitrogen and oxygen atoms in total. The Balaban J connectivity index is 1.75. The lowest BCUT2D eigenvalue weighted by Gasteiger charge is -2.23. The van der Waals surface area contributed by atoms with E-state index in [1.807, 2.05) is 0 Å². The van der Waals surface area contributed by atoms with Gasteiger partial charge in [0.1, 0.15) is 11.9 Å². The normalized spacial score (nSPS) is 22.4. The lowest BCUT2D eigenvalue weighted by molar-refractivity contribution is -0.0694. The van der Waals surface area contributed by atoms with Gasteiger partial charge in [-0.1, -0.05) is 4.47 Å². The van der Waals surface area contributed by atoms with Crippen LogP contribution in [-0.2, 0) is 19.6 Å². The average Bonchev–Trinajstić information content (AvgIpc) is 2.79. The molecule has 26 heavy (non-hydrogen) atoms. The first kappa shape index (κ1) is 18.8. The minimum atomic E-state index is -3.47. The summed E-state index contributed by atoms with van der Waals surface area (Å²) in [5.74, 6) is -0.515. The van der Waals surface area contributed by atoms with Crippen LogP contribution in [-0.4, -0.2) is 70.7 Å². The number of ether oxygens (including phenoxy) is 1. The van der Waals surface area contributed by atoms with Crippen LogP contribution in [0.1, 0.15) is 0 Å². The Bertz CT molecular complexity index is 790. The summed E-state index contributed by atoms with van der Waals surface area (Å²) in [6, 6.07) is 4.44. The van der Waals surface area contributed by atoms with Gasteiger partial charge in [0.25, 0.3) is 0 Å². The molecule has 144 valence electrons. The monoisotopic (exact) mass is 388 g/mol. The highest BCUT2D eigenvalue weighted by Crippen LogP contribution is 2.28. The topological polar surface area (TPSA) is 105 Å². The van der Waals surface area contributed by atoms with Gasteiger partial charge in [0.05, 0.1) is 37.3 Å². The highest BCUT2D eigenvalue weighted by molar-refractivity contribution is 7.88. The van der Waals surface area contributed by atoms with Gasteiger partial charge in [-0.3, -0.25) is 9.74 Å². The van der Waals surface area contributed by atoms with E-state index < -0.39 is 28.0 Å². The van der Waals surface area contributed by atoms with Gasteiger partial charge in [-0.15, -0.1) is 0 Å². The number of hydroxylamine groups is 1. The van der Waals surface area contributed by atoms with Crippen molar-refractivity contribution in [3.8, 4) is 0 Å². The predicted octanol–water partition coefficient (Wildman–Crippen LogP) is 0.123. The van der Waals surface area contributed by atoms with E-state index in [0.717, 1.165) is 10.7 Å². The maximum Gasteiger partial charge on any atom is 0.414 e. The van der Waals surface area contributed by atoms with Crippen molar-refractivity contribution in [1.82, 2.24) is 4.47 Å². The van der Waals surface area contributed by atoms with Crippen LogP contribution in [0.2, 0.25) is 0 Å². The zero-order chi connectivity index (χ0) is 18.9. The molecule has 3 rings (SSSR count). The van der Waals surface area contributed by atoms with Crippen LogP contribution in [0.15, 0.2) is 18.2 Å². The molecule has 2 aliphatic heterocycles. The first-order chi connectivity index (χ1) is 12.3. The summed E-state index contributed by atoms with van der Waals surface area (Å²) in [6.45, 7) is 1.30. The molecule has 0 radical (unpaired) electrons. The Morgan fingerprint density at radius 2 is 2.08 bits per heavy atom. The molecule has 2 fully saturated rings. The van der Waals surface area contributed by atoms with E-state index in [1.165, 1.54) is 11.0 Å². The quantitative estimate of drug-likeness (QED) is 0.781. The number of halogens is 1.